The van der Waals surface area contributed by atoms with Crippen LogP contribution in [0.15, 0.2) is 35.3 Å². The van der Waals surface area contributed by atoms with Crippen molar-refractivity contribution >= 4 is 16.7 Å². The number of fused-ring (bicyclic) bond motifs is 1. The second kappa shape index (κ2) is 7.62. The van der Waals surface area contributed by atoms with Crippen molar-refractivity contribution in [3.05, 3.63) is 63.6 Å². The smallest absolute Gasteiger partial charge is 0.266 e. The number of nitrogens with zero attached hydrogens (tertiary/aromatic N) is 3. The van der Waals surface area contributed by atoms with Crippen LogP contribution in [0.3, 0.4) is 0 Å². The molecule has 164 valence electrons. The molecule has 5 nitrogen and oxygen atoms in total. The Morgan fingerprint density at radius 1 is 1.23 bits per heavy atom. The summed E-state index contributed by atoms with van der Waals surface area (Å²) in [5, 5.41) is 3.57. The highest BCUT2D eigenvalue weighted by Gasteiger charge is 2.42. The molecule has 0 radical (unpaired) electrons. The molecule has 0 spiro atoms. The Hall–Kier alpha value is -2.97. The van der Waals surface area contributed by atoms with E-state index in [1.807, 2.05) is 0 Å². The lowest BCUT2D eigenvalue weighted by atomic mass is 9.78. The molecule has 1 N–H and O–H groups in total. The SMILES string of the molecule is Cc1nc(N[C@H](C)c2cccc(C(F)F)c2F)c2cn(C3CC(C)(F)C3)c(=O)cc2n1. The van der Waals surface area contributed by atoms with Gasteiger partial charge in [-0.1, -0.05) is 18.2 Å². The van der Waals surface area contributed by atoms with Crippen LogP contribution in [-0.4, -0.2) is 20.2 Å². The molecule has 0 aliphatic heterocycles. The van der Waals surface area contributed by atoms with E-state index in [9.17, 15) is 22.4 Å². The van der Waals surface area contributed by atoms with Crippen LogP contribution >= 0.6 is 0 Å². The molecule has 0 amide bonds. The average Bonchev–Trinajstić information content (AvgIpc) is 2.65. The van der Waals surface area contributed by atoms with Crippen molar-refractivity contribution in [3.8, 4) is 0 Å². The van der Waals surface area contributed by atoms with Crippen LogP contribution in [0.1, 0.15) is 62.1 Å². The molecule has 9 heteroatoms. The highest BCUT2D eigenvalue weighted by atomic mass is 19.3. The minimum absolute atomic E-state index is 0.0720. The summed E-state index contributed by atoms with van der Waals surface area (Å²) in [5.74, 6) is -0.241. The maximum absolute atomic E-state index is 14.6. The zero-order valence-corrected chi connectivity index (χ0v) is 17.3. The van der Waals surface area contributed by atoms with Crippen molar-refractivity contribution in [2.24, 2.45) is 0 Å². The van der Waals surface area contributed by atoms with E-state index in [0.29, 0.717) is 22.5 Å². The summed E-state index contributed by atoms with van der Waals surface area (Å²) in [4.78, 5) is 21.2. The van der Waals surface area contributed by atoms with Gasteiger partial charge in [0, 0.05) is 36.7 Å². The van der Waals surface area contributed by atoms with E-state index >= 15 is 0 Å². The first-order valence-corrected chi connectivity index (χ1v) is 9.98. The molecule has 4 rings (SSSR count). The predicted molar refractivity (Wildman–Crippen MR) is 110 cm³/mol. The summed E-state index contributed by atoms with van der Waals surface area (Å²) in [5.41, 5.74) is -1.79. The van der Waals surface area contributed by atoms with Gasteiger partial charge in [0.2, 0.25) is 0 Å². The molecule has 1 aliphatic rings. The van der Waals surface area contributed by atoms with Gasteiger partial charge >= 0.3 is 0 Å². The second-order valence-electron chi connectivity index (χ2n) is 8.33. The van der Waals surface area contributed by atoms with Crippen LogP contribution in [0.5, 0.6) is 0 Å². The van der Waals surface area contributed by atoms with Gasteiger partial charge in [-0.3, -0.25) is 4.79 Å². The Labute approximate surface area is 176 Å². The van der Waals surface area contributed by atoms with Gasteiger partial charge in [0.1, 0.15) is 23.1 Å². The second-order valence-corrected chi connectivity index (χ2v) is 8.33. The first kappa shape index (κ1) is 21.3. The van der Waals surface area contributed by atoms with Crippen molar-refractivity contribution in [3.63, 3.8) is 0 Å². The van der Waals surface area contributed by atoms with E-state index in [4.69, 9.17) is 0 Å². The molecule has 31 heavy (non-hydrogen) atoms. The maximum atomic E-state index is 14.6. The molecular formula is C22H22F4N4O. The summed E-state index contributed by atoms with van der Waals surface area (Å²) >= 11 is 0. The van der Waals surface area contributed by atoms with E-state index < -0.39 is 29.5 Å². The van der Waals surface area contributed by atoms with Gasteiger partial charge in [0.15, 0.2) is 0 Å². The number of pyridine rings is 1. The Bertz CT molecular complexity index is 1200. The van der Waals surface area contributed by atoms with Gasteiger partial charge in [-0.05, 0) is 20.8 Å². The molecule has 3 aromatic rings. The van der Waals surface area contributed by atoms with E-state index in [1.54, 1.807) is 20.0 Å². The van der Waals surface area contributed by atoms with Crippen molar-refractivity contribution in [1.82, 2.24) is 14.5 Å². The zero-order valence-electron chi connectivity index (χ0n) is 17.3. The molecule has 0 saturated heterocycles. The summed E-state index contributed by atoms with van der Waals surface area (Å²) in [6, 6.07) is 4.28. The lowest BCUT2D eigenvalue weighted by Gasteiger charge is -2.39. The first-order chi connectivity index (χ1) is 14.6. The van der Waals surface area contributed by atoms with Gasteiger partial charge in [-0.2, -0.15) is 0 Å². The van der Waals surface area contributed by atoms with Gasteiger partial charge in [-0.15, -0.1) is 0 Å². The molecule has 1 atom stereocenters. The normalized spacial score (nSPS) is 21.9. The largest absolute Gasteiger partial charge is 0.363 e. The van der Waals surface area contributed by atoms with Crippen molar-refractivity contribution in [2.45, 2.75) is 57.8 Å². The third-order valence-corrected chi connectivity index (χ3v) is 5.70. The van der Waals surface area contributed by atoms with Crippen LogP contribution in [0, 0.1) is 12.7 Å². The fourth-order valence-corrected chi connectivity index (χ4v) is 4.10. The molecule has 1 fully saturated rings. The average molecular weight is 434 g/mol. The standard InChI is InChI=1S/C22H22F4N4O/c1-11(14-5-4-6-15(19(14)23)20(24)25)27-21-16-10-30(13-8-22(3,26)9-13)18(31)7-17(16)28-12(2)29-21/h4-7,10-11,13,20H,8-9H2,1-3H3,(H,27,28,29)/t11-,13?,22?/m1/s1. The number of alkyl halides is 3. The lowest BCUT2D eigenvalue weighted by molar-refractivity contribution is 0.0307. The Kier molecular flexibility index (Phi) is 5.23. The number of benzene rings is 1. The molecule has 2 heterocycles. The number of aromatic nitrogens is 3. The Morgan fingerprint density at radius 2 is 1.90 bits per heavy atom. The number of aryl methyl sites for hydroxylation is 1. The highest BCUT2D eigenvalue weighted by Crippen LogP contribution is 2.43. The van der Waals surface area contributed by atoms with Crippen LogP contribution in [0.25, 0.3) is 10.9 Å². The predicted octanol–water partition coefficient (Wildman–Crippen LogP) is 5.41. The summed E-state index contributed by atoms with van der Waals surface area (Å²) < 4.78 is 56.2. The summed E-state index contributed by atoms with van der Waals surface area (Å²) in [6.45, 7) is 4.78. The van der Waals surface area contributed by atoms with Crippen molar-refractivity contribution < 1.29 is 17.6 Å². The van der Waals surface area contributed by atoms with E-state index in [1.165, 1.54) is 29.7 Å². The topological polar surface area (TPSA) is 59.8 Å². The molecular weight excluding hydrogens is 412 g/mol. The van der Waals surface area contributed by atoms with E-state index in [2.05, 4.69) is 15.3 Å². The molecule has 0 unspecified atom stereocenters. The zero-order chi connectivity index (χ0) is 22.5. The van der Waals surface area contributed by atoms with Crippen molar-refractivity contribution in [2.75, 3.05) is 5.32 Å². The van der Waals surface area contributed by atoms with Gasteiger partial charge < -0.3 is 9.88 Å². The summed E-state index contributed by atoms with van der Waals surface area (Å²) in [6.07, 6.45) is -0.878. The van der Waals surface area contributed by atoms with Crippen LogP contribution in [-0.2, 0) is 0 Å². The number of anilines is 1. The van der Waals surface area contributed by atoms with E-state index in [-0.39, 0.29) is 30.0 Å². The van der Waals surface area contributed by atoms with E-state index in [0.717, 1.165) is 6.07 Å². The highest BCUT2D eigenvalue weighted by molar-refractivity contribution is 5.88. The summed E-state index contributed by atoms with van der Waals surface area (Å²) in [7, 11) is 0. The Balaban J connectivity index is 1.74. The fourth-order valence-electron chi connectivity index (χ4n) is 4.10. The molecule has 2 aromatic heterocycles. The van der Waals surface area contributed by atoms with Crippen LogP contribution in [0.2, 0.25) is 0 Å². The Morgan fingerprint density at radius 3 is 2.55 bits per heavy atom. The molecule has 1 aromatic carbocycles. The number of hydrogen-bond acceptors (Lipinski definition) is 4. The minimum Gasteiger partial charge on any atom is -0.363 e. The van der Waals surface area contributed by atoms with Gasteiger partial charge in [-0.25, -0.2) is 27.5 Å². The number of hydrogen-bond donors (Lipinski definition) is 1. The molecule has 1 saturated carbocycles. The number of halogens is 4. The van der Waals surface area contributed by atoms with Gasteiger partial charge in [0.25, 0.3) is 12.0 Å². The van der Waals surface area contributed by atoms with Crippen LogP contribution < -0.4 is 10.9 Å². The number of nitrogens with one attached hydrogen (secondary N) is 1. The molecule has 0 bridgehead atoms. The van der Waals surface area contributed by atoms with Gasteiger partial charge in [0.05, 0.1) is 22.5 Å². The quantitative estimate of drug-likeness (QED) is 0.546. The monoisotopic (exact) mass is 434 g/mol. The molecule has 1 aliphatic carbocycles. The number of rotatable bonds is 5. The third-order valence-electron chi connectivity index (χ3n) is 5.70. The third kappa shape index (κ3) is 4.00. The maximum Gasteiger partial charge on any atom is 0.266 e. The van der Waals surface area contributed by atoms with Crippen molar-refractivity contribution in [1.29, 1.82) is 0 Å². The first-order valence-electron chi connectivity index (χ1n) is 9.98. The lowest BCUT2D eigenvalue weighted by Crippen LogP contribution is -2.41. The van der Waals surface area contributed by atoms with Crippen LogP contribution in [0.4, 0.5) is 23.4 Å². The minimum atomic E-state index is -2.92. The fraction of sp³-hybridized carbons (Fsp3) is 0.409.